The molecule has 9 nitrogen and oxygen atoms in total. The van der Waals surface area contributed by atoms with Crippen molar-refractivity contribution in [1.82, 2.24) is 24.6 Å². The summed E-state index contributed by atoms with van der Waals surface area (Å²) in [5.41, 5.74) is 3.07. The van der Waals surface area contributed by atoms with Crippen LogP contribution in [0.15, 0.2) is 24.4 Å². The molecule has 2 aliphatic heterocycles. The zero-order valence-electron chi connectivity index (χ0n) is 21.2. The number of aryl methyl sites for hydroxylation is 1. The van der Waals surface area contributed by atoms with Crippen LogP contribution in [0, 0.1) is 6.92 Å². The summed E-state index contributed by atoms with van der Waals surface area (Å²) in [6.07, 6.45) is 4.63. The second kappa shape index (κ2) is 9.02. The van der Waals surface area contributed by atoms with Crippen molar-refractivity contribution in [3.8, 4) is 11.8 Å². The van der Waals surface area contributed by atoms with E-state index in [-0.39, 0.29) is 6.09 Å². The average molecular weight is 479 g/mol. The van der Waals surface area contributed by atoms with Crippen LogP contribution in [0.25, 0.3) is 16.7 Å². The molecule has 0 radical (unpaired) electrons. The summed E-state index contributed by atoms with van der Waals surface area (Å²) in [6.45, 7) is 11.2. The van der Waals surface area contributed by atoms with Crippen molar-refractivity contribution in [3.05, 3.63) is 35.5 Å². The number of amides is 1. The Morgan fingerprint density at radius 2 is 1.74 bits per heavy atom. The van der Waals surface area contributed by atoms with Crippen LogP contribution in [0.4, 0.5) is 10.6 Å². The number of carbonyl (C=O) groups excluding carboxylic acids is 1. The number of piperidine rings is 1. The summed E-state index contributed by atoms with van der Waals surface area (Å²) in [5.74, 6) is 1.94. The quantitative estimate of drug-likeness (QED) is 0.547. The highest BCUT2D eigenvalue weighted by atomic mass is 16.6. The number of fused-ring (bicyclic) bond motifs is 1. The Hall–Kier alpha value is -3.36. The smallest absolute Gasteiger partial charge is 0.410 e. The van der Waals surface area contributed by atoms with Gasteiger partial charge in [0.2, 0.25) is 0 Å². The minimum atomic E-state index is -0.479. The molecule has 0 atom stereocenters. The summed E-state index contributed by atoms with van der Waals surface area (Å²) < 4.78 is 12.8. The molecule has 2 fully saturated rings. The lowest BCUT2D eigenvalue weighted by Gasteiger charge is -2.34. The molecule has 35 heavy (non-hydrogen) atoms. The number of rotatable bonds is 4. The highest BCUT2D eigenvalue weighted by Gasteiger charge is 2.28. The number of aromatic nitrogens is 4. The normalized spacial score (nSPS) is 16.9. The van der Waals surface area contributed by atoms with Crippen molar-refractivity contribution >= 4 is 22.8 Å². The van der Waals surface area contributed by atoms with Crippen LogP contribution in [-0.2, 0) is 4.74 Å². The molecule has 186 valence electrons. The number of nitrogens with zero attached hydrogens (tertiary/aromatic N) is 6. The number of likely N-dealkylation sites (tertiary alicyclic amines) is 1. The van der Waals surface area contributed by atoms with Gasteiger partial charge in [-0.15, -0.1) is 0 Å². The molecule has 1 amide bonds. The average Bonchev–Trinajstić information content (AvgIpc) is 3.18. The van der Waals surface area contributed by atoms with Crippen molar-refractivity contribution in [1.29, 1.82) is 0 Å². The first-order chi connectivity index (χ1) is 16.7. The van der Waals surface area contributed by atoms with Crippen LogP contribution < -0.4 is 9.64 Å². The van der Waals surface area contributed by atoms with E-state index in [0.717, 1.165) is 42.7 Å². The third kappa shape index (κ3) is 4.76. The molecule has 0 N–H and O–H groups in total. The van der Waals surface area contributed by atoms with Crippen molar-refractivity contribution < 1.29 is 14.3 Å². The maximum absolute atomic E-state index is 12.5. The number of methoxy groups -OCH3 is 1. The van der Waals surface area contributed by atoms with Gasteiger partial charge in [-0.25, -0.2) is 9.48 Å². The first-order valence-electron chi connectivity index (χ1n) is 12.4. The van der Waals surface area contributed by atoms with Gasteiger partial charge in [-0.2, -0.15) is 15.1 Å². The van der Waals surface area contributed by atoms with Crippen molar-refractivity contribution in [3.63, 3.8) is 0 Å². The number of carbonyl (C=O) groups is 1. The maximum atomic E-state index is 12.5. The molecular formula is C26H34N6O3. The Morgan fingerprint density at radius 1 is 1.03 bits per heavy atom. The van der Waals surface area contributed by atoms with Gasteiger partial charge in [-0.05, 0) is 76.1 Å². The molecule has 1 aromatic carbocycles. The zero-order valence-corrected chi connectivity index (χ0v) is 21.2. The highest BCUT2D eigenvalue weighted by molar-refractivity contribution is 5.82. The number of hydrogen-bond acceptors (Lipinski definition) is 7. The summed E-state index contributed by atoms with van der Waals surface area (Å²) in [4.78, 5) is 25.6. The van der Waals surface area contributed by atoms with Gasteiger partial charge in [0.05, 0.1) is 18.8 Å². The van der Waals surface area contributed by atoms with E-state index >= 15 is 0 Å². The van der Waals surface area contributed by atoms with Gasteiger partial charge in [-0.1, -0.05) is 0 Å². The molecule has 3 aromatic rings. The van der Waals surface area contributed by atoms with E-state index in [2.05, 4.69) is 39.0 Å². The van der Waals surface area contributed by atoms with Gasteiger partial charge in [0, 0.05) is 37.6 Å². The fraction of sp³-hybridized carbons (Fsp3) is 0.538. The van der Waals surface area contributed by atoms with E-state index in [1.807, 2.05) is 42.6 Å². The Labute approximate surface area is 206 Å². The largest absolute Gasteiger partial charge is 0.467 e. The maximum Gasteiger partial charge on any atom is 0.410 e. The van der Waals surface area contributed by atoms with E-state index < -0.39 is 5.60 Å². The van der Waals surface area contributed by atoms with Crippen LogP contribution in [0.1, 0.15) is 57.1 Å². The standard InChI is InChI=1S/C26H34N6O3/c1-17-13-19-16-27-32(23-15-22(30-9-6-10-30)28-24(29-23)34-5)21(19)14-20(17)18-7-11-31(12-8-18)25(33)35-26(2,3)4/h13-16,18H,6-12H2,1-5H3. The monoisotopic (exact) mass is 478 g/mol. The van der Waals surface area contributed by atoms with Crippen molar-refractivity contribution in [2.75, 3.05) is 38.2 Å². The fourth-order valence-corrected chi connectivity index (χ4v) is 4.83. The van der Waals surface area contributed by atoms with Crippen LogP contribution >= 0.6 is 0 Å². The Kier molecular flexibility index (Phi) is 6.02. The lowest BCUT2D eigenvalue weighted by atomic mass is 9.86. The van der Waals surface area contributed by atoms with Crippen LogP contribution in [-0.4, -0.2) is 69.6 Å². The van der Waals surface area contributed by atoms with E-state index in [1.54, 1.807) is 7.11 Å². The Balaban J connectivity index is 1.42. The number of ether oxygens (including phenoxy) is 2. The molecule has 9 heteroatoms. The van der Waals surface area contributed by atoms with Gasteiger partial charge in [0.1, 0.15) is 11.4 Å². The van der Waals surface area contributed by atoms with E-state index in [0.29, 0.717) is 30.8 Å². The third-order valence-electron chi connectivity index (χ3n) is 6.80. The van der Waals surface area contributed by atoms with Gasteiger partial charge >= 0.3 is 12.1 Å². The number of hydrogen-bond donors (Lipinski definition) is 0. The molecule has 2 aliphatic rings. The lowest BCUT2D eigenvalue weighted by molar-refractivity contribution is 0.0205. The molecule has 0 spiro atoms. The lowest BCUT2D eigenvalue weighted by Crippen LogP contribution is -2.41. The van der Waals surface area contributed by atoms with Gasteiger partial charge < -0.3 is 19.3 Å². The van der Waals surface area contributed by atoms with E-state index in [4.69, 9.17) is 9.47 Å². The predicted molar refractivity (Wildman–Crippen MR) is 135 cm³/mol. The minimum absolute atomic E-state index is 0.225. The summed E-state index contributed by atoms with van der Waals surface area (Å²) in [6, 6.07) is 6.76. The van der Waals surface area contributed by atoms with Crippen LogP contribution in [0.2, 0.25) is 0 Å². The molecule has 2 saturated heterocycles. The molecule has 2 aromatic heterocycles. The summed E-state index contributed by atoms with van der Waals surface area (Å²) in [5, 5.41) is 5.73. The zero-order chi connectivity index (χ0) is 24.7. The SMILES string of the molecule is COc1nc(N2CCC2)cc(-n2ncc3cc(C)c(C4CCN(C(=O)OC(C)(C)C)CC4)cc32)n1. The van der Waals surface area contributed by atoms with Crippen LogP contribution in [0.5, 0.6) is 6.01 Å². The Bertz CT molecular complexity index is 1240. The van der Waals surface area contributed by atoms with Gasteiger partial charge in [-0.3, -0.25) is 0 Å². The molecule has 4 heterocycles. The molecule has 5 rings (SSSR count). The first kappa shape index (κ1) is 23.4. The molecule has 0 bridgehead atoms. The van der Waals surface area contributed by atoms with Crippen molar-refractivity contribution in [2.24, 2.45) is 0 Å². The summed E-state index contributed by atoms with van der Waals surface area (Å²) in [7, 11) is 1.59. The number of anilines is 1. The topological polar surface area (TPSA) is 85.6 Å². The fourth-order valence-electron chi connectivity index (χ4n) is 4.83. The minimum Gasteiger partial charge on any atom is -0.467 e. The van der Waals surface area contributed by atoms with Crippen molar-refractivity contribution in [2.45, 2.75) is 58.5 Å². The third-order valence-corrected chi connectivity index (χ3v) is 6.80. The molecule has 0 aliphatic carbocycles. The van der Waals surface area contributed by atoms with Gasteiger partial charge in [0.15, 0.2) is 5.82 Å². The molecule has 0 saturated carbocycles. The molecule has 0 unspecified atom stereocenters. The second-order valence-electron chi connectivity index (χ2n) is 10.5. The Morgan fingerprint density at radius 3 is 2.37 bits per heavy atom. The van der Waals surface area contributed by atoms with Crippen LogP contribution in [0.3, 0.4) is 0 Å². The van der Waals surface area contributed by atoms with Gasteiger partial charge in [0.25, 0.3) is 0 Å². The van der Waals surface area contributed by atoms with E-state index in [9.17, 15) is 4.79 Å². The van der Waals surface area contributed by atoms with E-state index in [1.165, 1.54) is 17.5 Å². The number of benzene rings is 1. The second-order valence-corrected chi connectivity index (χ2v) is 10.5. The predicted octanol–water partition coefficient (Wildman–Crippen LogP) is 4.46. The molecular weight excluding hydrogens is 444 g/mol. The first-order valence-corrected chi connectivity index (χ1v) is 12.4. The highest BCUT2D eigenvalue weighted by Crippen LogP contribution is 2.34. The summed E-state index contributed by atoms with van der Waals surface area (Å²) >= 11 is 0.